The van der Waals surface area contributed by atoms with Crippen LogP contribution in [-0.4, -0.2) is 35.5 Å². The first-order valence-corrected chi connectivity index (χ1v) is 10.1. The molecule has 0 aromatic heterocycles. The molecule has 29 heavy (non-hydrogen) atoms. The Balaban J connectivity index is 1.71. The molecule has 0 radical (unpaired) electrons. The van der Waals surface area contributed by atoms with Crippen LogP contribution >= 0.6 is 12.2 Å². The lowest BCUT2D eigenvalue weighted by Gasteiger charge is -2.32. The van der Waals surface area contributed by atoms with Crippen molar-refractivity contribution >= 4 is 23.1 Å². The molecule has 1 amide bonds. The fraction of sp³-hybridized carbons (Fsp3) is 0.364. The summed E-state index contributed by atoms with van der Waals surface area (Å²) in [7, 11) is 0. The highest BCUT2D eigenvalue weighted by molar-refractivity contribution is 7.80. The van der Waals surface area contributed by atoms with Crippen LogP contribution in [0.1, 0.15) is 30.9 Å². The van der Waals surface area contributed by atoms with Crippen LogP contribution in [0, 0.1) is 11.7 Å². The molecular formula is C22H25FN2O3S. The molecule has 154 valence electrons. The Morgan fingerprint density at radius 2 is 1.90 bits per heavy atom. The molecule has 1 aliphatic heterocycles. The molecule has 2 N–H and O–H groups in total. The summed E-state index contributed by atoms with van der Waals surface area (Å²) in [6, 6.07) is 12.0. The van der Waals surface area contributed by atoms with E-state index in [1.165, 1.54) is 6.07 Å². The summed E-state index contributed by atoms with van der Waals surface area (Å²) in [5.74, 6) is 0.472. The minimum absolute atomic E-state index is 0.0813. The zero-order valence-electron chi connectivity index (χ0n) is 16.4. The van der Waals surface area contributed by atoms with Crippen molar-refractivity contribution in [1.29, 1.82) is 0 Å². The number of thiocarbonyl (C=S) groups is 1. The average molecular weight is 417 g/mol. The first-order chi connectivity index (χ1) is 14.0. The predicted octanol–water partition coefficient (Wildman–Crippen LogP) is 3.68. The monoisotopic (exact) mass is 416 g/mol. The highest BCUT2D eigenvalue weighted by Crippen LogP contribution is 2.31. The van der Waals surface area contributed by atoms with E-state index in [4.69, 9.17) is 27.4 Å². The number of hydrogen-bond acceptors (Lipinski definition) is 4. The van der Waals surface area contributed by atoms with Gasteiger partial charge >= 0.3 is 0 Å². The lowest BCUT2D eigenvalue weighted by atomic mass is 9.96. The first-order valence-electron chi connectivity index (χ1n) is 9.71. The van der Waals surface area contributed by atoms with Gasteiger partial charge in [-0.1, -0.05) is 30.4 Å². The van der Waals surface area contributed by atoms with Crippen LogP contribution in [0.3, 0.4) is 0 Å². The second kappa shape index (κ2) is 9.69. The van der Waals surface area contributed by atoms with Crippen LogP contribution in [0.5, 0.6) is 11.5 Å². The number of halogens is 1. The summed E-state index contributed by atoms with van der Waals surface area (Å²) in [4.78, 5) is 14.1. The molecule has 3 rings (SSSR count). The molecule has 1 aliphatic rings. The third-order valence-electron chi connectivity index (χ3n) is 5.02. The smallest absolute Gasteiger partial charge is 0.220 e. The van der Waals surface area contributed by atoms with E-state index in [9.17, 15) is 9.18 Å². The Kier molecular flexibility index (Phi) is 7.04. The number of benzene rings is 2. The van der Waals surface area contributed by atoms with Crippen LogP contribution in [0.2, 0.25) is 0 Å². The topological polar surface area (TPSA) is 64.8 Å². The number of carbonyl (C=O) groups excluding carboxylic acids is 1. The van der Waals surface area contributed by atoms with Crippen molar-refractivity contribution in [2.45, 2.75) is 26.4 Å². The van der Waals surface area contributed by atoms with E-state index in [-0.39, 0.29) is 24.2 Å². The summed E-state index contributed by atoms with van der Waals surface area (Å²) in [5.41, 5.74) is 6.73. The van der Waals surface area contributed by atoms with Gasteiger partial charge in [0.15, 0.2) is 11.5 Å². The Morgan fingerprint density at radius 1 is 1.17 bits per heavy atom. The first kappa shape index (κ1) is 21.0. The largest absolute Gasteiger partial charge is 0.490 e. The molecule has 1 heterocycles. The van der Waals surface area contributed by atoms with Gasteiger partial charge in [-0.05, 0) is 44.0 Å². The van der Waals surface area contributed by atoms with Gasteiger partial charge in [-0.3, -0.25) is 4.79 Å². The standard InChI is InChI=1S/C22H25FN2O3S/c1-2-27-20-13-16(22(29)25-11-9-15(10-12-25)21(24)26)7-8-19(20)28-14-17-5-3-4-6-18(17)23/h3-8,13,15H,2,9-12,14H2,1H3,(H2,24,26). The normalized spacial score (nSPS) is 14.5. The molecule has 7 heteroatoms. The minimum Gasteiger partial charge on any atom is -0.490 e. The summed E-state index contributed by atoms with van der Waals surface area (Å²) in [6.45, 7) is 3.86. The predicted molar refractivity (Wildman–Crippen MR) is 114 cm³/mol. The molecule has 1 fully saturated rings. The maximum Gasteiger partial charge on any atom is 0.220 e. The third-order valence-corrected chi connectivity index (χ3v) is 5.51. The number of nitrogens with zero attached hydrogens (tertiary/aromatic N) is 1. The minimum atomic E-state index is -0.303. The molecule has 2 aromatic rings. The molecule has 0 atom stereocenters. The van der Waals surface area contributed by atoms with Gasteiger partial charge in [0.1, 0.15) is 17.4 Å². The lowest BCUT2D eigenvalue weighted by molar-refractivity contribution is -0.122. The van der Waals surface area contributed by atoms with Crippen molar-refractivity contribution in [2.75, 3.05) is 19.7 Å². The summed E-state index contributed by atoms with van der Waals surface area (Å²) < 4.78 is 25.4. The molecule has 0 aliphatic carbocycles. The number of nitrogens with two attached hydrogens (primary N) is 1. The number of piperidine rings is 1. The van der Waals surface area contributed by atoms with E-state index >= 15 is 0 Å². The van der Waals surface area contributed by atoms with Crippen molar-refractivity contribution in [3.05, 3.63) is 59.4 Å². The Bertz CT molecular complexity index is 882. The van der Waals surface area contributed by atoms with E-state index in [1.54, 1.807) is 24.3 Å². The van der Waals surface area contributed by atoms with Gasteiger partial charge in [-0.25, -0.2) is 4.39 Å². The molecule has 0 unspecified atom stereocenters. The molecule has 0 bridgehead atoms. The van der Waals surface area contributed by atoms with E-state index < -0.39 is 0 Å². The lowest BCUT2D eigenvalue weighted by Crippen LogP contribution is -2.41. The Hall–Kier alpha value is -2.67. The number of carbonyl (C=O) groups is 1. The zero-order valence-corrected chi connectivity index (χ0v) is 17.2. The van der Waals surface area contributed by atoms with E-state index in [1.807, 2.05) is 19.1 Å². The number of primary amides is 1. The average Bonchev–Trinajstić information content (AvgIpc) is 2.73. The number of amides is 1. The second-order valence-corrected chi connectivity index (χ2v) is 7.33. The fourth-order valence-corrected chi connectivity index (χ4v) is 3.66. The maximum atomic E-state index is 13.8. The van der Waals surface area contributed by atoms with Gasteiger partial charge in [0, 0.05) is 30.1 Å². The van der Waals surface area contributed by atoms with Crippen molar-refractivity contribution in [2.24, 2.45) is 11.7 Å². The molecule has 1 saturated heterocycles. The van der Waals surface area contributed by atoms with Crippen LogP contribution in [-0.2, 0) is 11.4 Å². The fourth-order valence-electron chi connectivity index (χ4n) is 3.35. The SMILES string of the molecule is CCOc1cc(C(=S)N2CCC(C(N)=O)CC2)ccc1OCc1ccccc1F. The second-order valence-electron chi connectivity index (χ2n) is 6.94. The van der Waals surface area contributed by atoms with Crippen LogP contribution in [0.4, 0.5) is 4.39 Å². The highest BCUT2D eigenvalue weighted by Gasteiger charge is 2.25. The quantitative estimate of drug-likeness (QED) is 0.698. The van der Waals surface area contributed by atoms with Crippen molar-refractivity contribution < 1.29 is 18.7 Å². The van der Waals surface area contributed by atoms with Crippen LogP contribution < -0.4 is 15.2 Å². The maximum absolute atomic E-state index is 13.8. The van der Waals surface area contributed by atoms with Gasteiger partial charge in [0.25, 0.3) is 0 Å². The van der Waals surface area contributed by atoms with Gasteiger partial charge in [-0.2, -0.15) is 0 Å². The van der Waals surface area contributed by atoms with E-state index in [2.05, 4.69) is 4.90 Å². The van der Waals surface area contributed by atoms with Crippen LogP contribution in [0.25, 0.3) is 0 Å². The van der Waals surface area contributed by atoms with E-state index in [0.717, 1.165) is 5.56 Å². The summed E-state index contributed by atoms with van der Waals surface area (Å²) >= 11 is 5.65. The van der Waals surface area contributed by atoms with Gasteiger partial charge < -0.3 is 20.1 Å². The van der Waals surface area contributed by atoms with Crippen molar-refractivity contribution in [1.82, 2.24) is 4.90 Å². The number of likely N-dealkylation sites (tertiary alicyclic amines) is 1. The van der Waals surface area contributed by atoms with Crippen LogP contribution in [0.15, 0.2) is 42.5 Å². The van der Waals surface area contributed by atoms with Crippen molar-refractivity contribution in [3.8, 4) is 11.5 Å². The number of hydrogen-bond donors (Lipinski definition) is 1. The van der Waals surface area contributed by atoms with Gasteiger partial charge in [0.2, 0.25) is 5.91 Å². The van der Waals surface area contributed by atoms with E-state index in [0.29, 0.717) is 54.6 Å². The van der Waals surface area contributed by atoms with Crippen molar-refractivity contribution in [3.63, 3.8) is 0 Å². The van der Waals surface area contributed by atoms with Gasteiger partial charge in [0.05, 0.1) is 6.61 Å². The number of rotatable bonds is 7. The molecule has 0 saturated carbocycles. The Morgan fingerprint density at radius 3 is 2.55 bits per heavy atom. The zero-order chi connectivity index (χ0) is 20.8. The summed E-state index contributed by atoms with van der Waals surface area (Å²) in [6.07, 6.45) is 1.41. The summed E-state index contributed by atoms with van der Waals surface area (Å²) in [5, 5.41) is 0. The third kappa shape index (κ3) is 5.23. The molecular weight excluding hydrogens is 391 g/mol. The molecule has 0 spiro atoms. The Labute approximate surface area is 175 Å². The number of ether oxygens (including phenoxy) is 2. The molecule has 2 aromatic carbocycles. The highest BCUT2D eigenvalue weighted by atomic mass is 32.1. The van der Waals surface area contributed by atoms with Gasteiger partial charge in [-0.15, -0.1) is 0 Å². The molecule has 5 nitrogen and oxygen atoms in total.